The molecule has 120 valence electrons. The first-order valence-corrected chi connectivity index (χ1v) is 8.27. The number of carbonyl (C=O) groups is 1. The molecular weight excluding hydrogens is 284 g/mol. The van der Waals surface area contributed by atoms with Crippen LogP contribution in [0.5, 0.6) is 0 Å². The Bertz CT molecular complexity index is 676. The van der Waals surface area contributed by atoms with Crippen LogP contribution in [0.25, 0.3) is 0 Å². The summed E-state index contributed by atoms with van der Waals surface area (Å²) in [4.78, 5) is 14.7. The molecule has 3 heteroatoms. The largest absolute Gasteiger partial charge is 0.378 e. The predicted molar refractivity (Wildman–Crippen MR) is 94.7 cm³/mol. The number of nitrogens with one attached hydrogen (secondary N) is 1. The van der Waals surface area contributed by atoms with Crippen molar-refractivity contribution in [3.05, 3.63) is 65.2 Å². The zero-order valence-electron chi connectivity index (χ0n) is 13.9. The van der Waals surface area contributed by atoms with Gasteiger partial charge in [-0.05, 0) is 48.1 Å². The average molecular weight is 308 g/mol. The van der Waals surface area contributed by atoms with Gasteiger partial charge in [-0.3, -0.25) is 4.79 Å². The van der Waals surface area contributed by atoms with Crippen molar-refractivity contribution >= 4 is 11.6 Å². The molecule has 0 fully saturated rings. The molecule has 1 aliphatic rings. The molecule has 1 aliphatic carbocycles. The molecule has 23 heavy (non-hydrogen) atoms. The molecule has 0 aromatic heterocycles. The highest BCUT2D eigenvalue weighted by Crippen LogP contribution is 2.31. The number of fused-ring (bicyclic) bond motifs is 1. The first-order chi connectivity index (χ1) is 11.1. The highest BCUT2D eigenvalue weighted by Gasteiger charge is 2.25. The average Bonchev–Trinajstić information content (AvgIpc) is 2.59. The number of amides is 1. The van der Waals surface area contributed by atoms with E-state index in [-0.39, 0.29) is 11.8 Å². The van der Waals surface area contributed by atoms with Gasteiger partial charge in [0.15, 0.2) is 0 Å². The molecule has 1 amide bonds. The van der Waals surface area contributed by atoms with Crippen LogP contribution < -0.4 is 10.2 Å². The van der Waals surface area contributed by atoms with Crippen LogP contribution in [0, 0.1) is 0 Å². The quantitative estimate of drug-likeness (QED) is 0.938. The molecule has 1 unspecified atom stereocenters. The van der Waals surface area contributed by atoms with Gasteiger partial charge in [0.25, 0.3) is 0 Å². The van der Waals surface area contributed by atoms with E-state index in [9.17, 15) is 4.79 Å². The summed E-state index contributed by atoms with van der Waals surface area (Å²) in [6, 6.07) is 16.7. The van der Waals surface area contributed by atoms with Gasteiger partial charge in [0, 0.05) is 26.3 Å². The fourth-order valence-electron chi connectivity index (χ4n) is 3.25. The fraction of sp³-hybridized carbons (Fsp3) is 0.350. The fourth-order valence-corrected chi connectivity index (χ4v) is 3.25. The maximum Gasteiger partial charge on any atom is 0.227 e. The molecule has 0 spiro atoms. The molecule has 3 rings (SSSR count). The van der Waals surface area contributed by atoms with Gasteiger partial charge in [0.1, 0.15) is 0 Å². The molecule has 3 nitrogen and oxygen atoms in total. The van der Waals surface area contributed by atoms with Crippen molar-refractivity contribution in [3.63, 3.8) is 0 Å². The molecule has 2 aromatic rings. The summed E-state index contributed by atoms with van der Waals surface area (Å²) in [5.41, 5.74) is 4.84. The Morgan fingerprint density at radius 1 is 1.13 bits per heavy atom. The lowest BCUT2D eigenvalue weighted by molar-refractivity contribution is -0.123. The highest BCUT2D eigenvalue weighted by molar-refractivity contribution is 5.84. The third-order valence-corrected chi connectivity index (χ3v) is 4.61. The second kappa shape index (κ2) is 6.86. The molecule has 1 atom stereocenters. The van der Waals surface area contributed by atoms with Gasteiger partial charge in [-0.1, -0.05) is 36.4 Å². The Labute approximate surface area is 138 Å². The van der Waals surface area contributed by atoms with Crippen LogP contribution >= 0.6 is 0 Å². The van der Waals surface area contributed by atoms with E-state index in [0.29, 0.717) is 6.54 Å². The first-order valence-electron chi connectivity index (χ1n) is 8.27. The van der Waals surface area contributed by atoms with Crippen molar-refractivity contribution < 1.29 is 4.79 Å². The summed E-state index contributed by atoms with van der Waals surface area (Å²) in [6.45, 7) is 0.589. The van der Waals surface area contributed by atoms with E-state index in [1.165, 1.54) is 16.8 Å². The molecule has 0 aliphatic heterocycles. The number of benzene rings is 2. The Kier molecular flexibility index (Phi) is 4.65. The summed E-state index contributed by atoms with van der Waals surface area (Å²) in [5.74, 6) is 0.148. The number of aryl methyl sites for hydroxylation is 1. The summed E-state index contributed by atoms with van der Waals surface area (Å²) in [5, 5.41) is 3.11. The molecule has 0 radical (unpaired) electrons. The Hall–Kier alpha value is -2.29. The van der Waals surface area contributed by atoms with Crippen LogP contribution in [0.2, 0.25) is 0 Å². The lowest BCUT2D eigenvalue weighted by atomic mass is 9.82. The van der Waals surface area contributed by atoms with Gasteiger partial charge >= 0.3 is 0 Å². The first kappa shape index (κ1) is 15.6. The van der Waals surface area contributed by atoms with Gasteiger partial charge in [-0.2, -0.15) is 0 Å². The van der Waals surface area contributed by atoms with Crippen LogP contribution in [0.4, 0.5) is 5.69 Å². The van der Waals surface area contributed by atoms with Crippen LogP contribution in [0.3, 0.4) is 0 Å². The maximum absolute atomic E-state index is 12.6. The van der Waals surface area contributed by atoms with Gasteiger partial charge in [0.05, 0.1) is 5.92 Å². The molecule has 0 saturated heterocycles. The topological polar surface area (TPSA) is 32.3 Å². The highest BCUT2D eigenvalue weighted by atomic mass is 16.1. The summed E-state index contributed by atoms with van der Waals surface area (Å²) >= 11 is 0. The van der Waals surface area contributed by atoms with Crippen molar-refractivity contribution in [1.82, 2.24) is 5.32 Å². The predicted octanol–water partition coefficient (Wildman–Crippen LogP) is 3.49. The van der Waals surface area contributed by atoms with Crippen LogP contribution in [-0.4, -0.2) is 20.0 Å². The van der Waals surface area contributed by atoms with E-state index >= 15 is 0 Å². The molecule has 1 N–H and O–H groups in total. The lowest BCUT2D eigenvalue weighted by Gasteiger charge is -2.24. The molecular formula is C20H24N2O. The second-order valence-electron chi connectivity index (χ2n) is 6.42. The van der Waals surface area contributed by atoms with Crippen molar-refractivity contribution in [3.8, 4) is 0 Å². The summed E-state index contributed by atoms with van der Waals surface area (Å²) in [7, 11) is 4.05. The van der Waals surface area contributed by atoms with E-state index in [4.69, 9.17) is 0 Å². The van der Waals surface area contributed by atoms with Crippen molar-refractivity contribution in [2.24, 2.45) is 0 Å². The summed E-state index contributed by atoms with van der Waals surface area (Å²) < 4.78 is 0. The number of hydrogen-bond donors (Lipinski definition) is 1. The minimum atomic E-state index is 0.000924. The Balaban J connectivity index is 1.64. The number of anilines is 1. The minimum Gasteiger partial charge on any atom is -0.378 e. The van der Waals surface area contributed by atoms with E-state index in [2.05, 4.69) is 52.7 Å². The molecule has 2 aromatic carbocycles. The zero-order chi connectivity index (χ0) is 16.2. The standard InChI is InChI=1S/C20H24N2O/c1-22(2)17-12-10-15(11-13-17)14-21-20(23)19-9-5-7-16-6-3-4-8-18(16)19/h3-4,6,8,10-13,19H,5,7,9,14H2,1-2H3,(H,21,23). The van der Waals surface area contributed by atoms with Gasteiger partial charge < -0.3 is 10.2 Å². The van der Waals surface area contributed by atoms with Crippen LogP contribution in [0.1, 0.15) is 35.4 Å². The molecule has 0 saturated carbocycles. The van der Waals surface area contributed by atoms with E-state index in [0.717, 1.165) is 24.8 Å². The van der Waals surface area contributed by atoms with Gasteiger partial charge in [0.2, 0.25) is 5.91 Å². The monoisotopic (exact) mass is 308 g/mol. The van der Waals surface area contributed by atoms with Gasteiger partial charge in [-0.25, -0.2) is 0 Å². The third kappa shape index (κ3) is 3.55. The number of nitrogens with zero attached hydrogens (tertiary/aromatic N) is 1. The summed E-state index contributed by atoms with van der Waals surface area (Å²) in [6.07, 6.45) is 3.13. The Morgan fingerprint density at radius 3 is 2.61 bits per heavy atom. The normalized spacial score (nSPS) is 16.5. The number of rotatable bonds is 4. The number of hydrogen-bond acceptors (Lipinski definition) is 2. The van der Waals surface area contributed by atoms with Crippen molar-refractivity contribution in [2.45, 2.75) is 31.7 Å². The third-order valence-electron chi connectivity index (χ3n) is 4.61. The van der Waals surface area contributed by atoms with Gasteiger partial charge in [-0.15, -0.1) is 0 Å². The van der Waals surface area contributed by atoms with Crippen LogP contribution in [-0.2, 0) is 17.8 Å². The lowest BCUT2D eigenvalue weighted by Crippen LogP contribution is -2.31. The molecule has 0 heterocycles. The minimum absolute atomic E-state index is 0.000924. The van der Waals surface area contributed by atoms with Crippen molar-refractivity contribution in [2.75, 3.05) is 19.0 Å². The van der Waals surface area contributed by atoms with E-state index in [1.807, 2.05) is 20.2 Å². The van der Waals surface area contributed by atoms with Crippen LogP contribution in [0.15, 0.2) is 48.5 Å². The van der Waals surface area contributed by atoms with E-state index < -0.39 is 0 Å². The van der Waals surface area contributed by atoms with Crippen molar-refractivity contribution in [1.29, 1.82) is 0 Å². The zero-order valence-corrected chi connectivity index (χ0v) is 13.9. The van der Waals surface area contributed by atoms with E-state index in [1.54, 1.807) is 0 Å². The maximum atomic E-state index is 12.6. The molecule has 0 bridgehead atoms. The smallest absolute Gasteiger partial charge is 0.227 e. The number of carbonyl (C=O) groups excluding carboxylic acids is 1. The second-order valence-corrected chi connectivity index (χ2v) is 6.42. The Morgan fingerprint density at radius 2 is 1.87 bits per heavy atom. The SMILES string of the molecule is CN(C)c1ccc(CNC(=O)C2CCCc3ccccc32)cc1.